The highest BCUT2D eigenvalue weighted by Crippen LogP contribution is 2.13. The molecule has 1 aliphatic rings. The van der Waals surface area contributed by atoms with Crippen LogP contribution >= 0.6 is 35.7 Å². The normalized spacial score (nSPS) is 17.6. The van der Waals surface area contributed by atoms with Crippen LogP contribution in [0, 0.1) is 0 Å². The molecule has 0 radical (unpaired) electrons. The number of halogens is 1. The van der Waals surface area contributed by atoms with Crippen molar-refractivity contribution < 1.29 is 0 Å². The zero-order chi connectivity index (χ0) is 15.1. The van der Waals surface area contributed by atoms with Crippen LogP contribution in [-0.2, 0) is 19.4 Å². The molecular weight excluding hydrogens is 411 g/mol. The lowest BCUT2D eigenvalue weighted by Gasteiger charge is -2.25. The monoisotopic (exact) mass is 438 g/mol. The molecule has 0 saturated heterocycles. The van der Waals surface area contributed by atoms with E-state index >= 15 is 0 Å². The van der Waals surface area contributed by atoms with Crippen molar-refractivity contribution in [1.82, 2.24) is 25.4 Å². The van der Waals surface area contributed by atoms with Crippen molar-refractivity contribution >= 4 is 41.7 Å². The molecule has 126 valence electrons. The third kappa shape index (κ3) is 5.60. The van der Waals surface area contributed by atoms with Crippen molar-refractivity contribution in [3.63, 3.8) is 0 Å². The first-order valence-electron chi connectivity index (χ1n) is 7.65. The minimum atomic E-state index is 0. The molecule has 1 aliphatic heterocycles. The van der Waals surface area contributed by atoms with Gasteiger partial charge in [-0.25, -0.2) is 9.67 Å². The number of rotatable bonds is 6. The predicted molar refractivity (Wildman–Crippen MR) is 104 cm³/mol. The second-order valence-electron chi connectivity index (χ2n) is 5.21. The predicted octanol–water partition coefficient (Wildman–Crippen LogP) is 1.69. The zero-order valence-corrected chi connectivity index (χ0v) is 16.8. The van der Waals surface area contributed by atoms with Crippen LogP contribution in [-0.4, -0.2) is 52.4 Å². The maximum atomic E-state index is 4.55. The number of hydrogen-bond donors (Lipinski definition) is 2. The molecule has 6 nitrogen and oxygen atoms in total. The molecule has 0 amide bonds. The fourth-order valence-corrected chi connectivity index (χ4v) is 2.87. The summed E-state index contributed by atoms with van der Waals surface area (Å²) in [6.45, 7) is 3.92. The number of nitrogens with one attached hydrogen (secondary N) is 2. The third-order valence-corrected chi connectivity index (χ3v) is 4.30. The molecule has 0 aliphatic carbocycles. The van der Waals surface area contributed by atoms with Crippen LogP contribution in [0.1, 0.15) is 31.4 Å². The maximum absolute atomic E-state index is 4.55. The van der Waals surface area contributed by atoms with E-state index in [-0.39, 0.29) is 24.0 Å². The van der Waals surface area contributed by atoms with E-state index in [1.165, 1.54) is 5.75 Å². The average Bonchev–Trinajstić information content (AvgIpc) is 2.92. The van der Waals surface area contributed by atoms with E-state index in [9.17, 15) is 0 Å². The first-order chi connectivity index (χ1) is 10.3. The van der Waals surface area contributed by atoms with Gasteiger partial charge in [-0.15, -0.1) is 24.0 Å². The largest absolute Gasteiger partial charge is 0.356 e. The maximum Gasteiger partial charge on any atom is 0.191 e. The van der Waals surface area contributed by atoms with Gasteiger partial charge < -0.3 is 10.6 Å². The lowest BCUT2D eigenvalue weighted by Crippen LogP contribution is -2.47. The molecule has 0 spiro atoms. The first-order valence-corrected chi connectivity index (χ1v) is 9.05. The van der Waals surface area contributed by atoms with Gasteiger partial charge in [0.25, 0.3) is 0 Å². The minimum Gasteiger partial charge on any atom is -0.356 e. The van der Waals surface area contributed by atoms with Gasteiger partial charge in [-0.05, 0) is 24.9 Å². The quantitative estimate of drug-likeness (QED) is 0.306. The van der Waals surface area contributed by atoms with Crippen molar-refractivity contribution in [3.8, 4) is 0 Å². The van der Waals surface area contributed by atoms with Crippen molar-refractivity contribution in [3.05, 3.63) is 11.6 Å². The topological polar surface area (TPSA) is 67.1 Å². The van der Waals surface area contributed by atoms with E-state index in [1.54, 1.807) is 0 Å². The van der Waals surface area contributed by atoms with Gasteiger partial charge in [0.05, 0.1) is 6.54 Å². The van der Waals surface area contributed by atoms with Gasteiger partial charge in [0.1, 0.15) is 5.82 Å². The summed E-state index contributed by atoms with van der Waals surface area (Å²) in [6.07, 6.45) is 6.24. The van der Waals surface area contributed by atoms with E-state index in [0.29, 0.717) is 6.04 Å². The van der Waals surface area contributed by atoms with Gasteiger partial charge in [-0.2, -0.15) is 16.9 Å². The Hall–Kier alpha value is -0.510. The van der Waals surface area contributed by atoms with Gasteiger partial charge >= 0.3 is 0 Å². The van der Waals surface area contributed by atoms with Crippen LogP contribution in [0.15, 0.2) is 4.99 Å². The molecule has 8 heteroatoms. The van der Waals surface area contributed by atoms with Crippen LogP contribution in [0.2, 0.25) is 0 Å². The Kier molecular flexibility index (Phi) is 9.15. The van der Waals surface area contributed by atoms with Crippen LogP contribution in [0.4, 0.5) is 0 Å². The molecule has 0 aromatic carbocycles. The summed E-state index contributed by atoms with van der Waals surface area (Å²) < 4.78 is 2.04. The number of aryl methyl sites for hydroxylation is 2. The van der Waals surface area contributed by atoms with E-state index in [0.717, 1.165) is 56.4 Å². The summed E-state index contributed by atoms with van der Waals surface area (Å²) in [5.41, 5.74) is 0. The fourth-order valence-electron chi connectivity index (χ4n) is 2.44. The summed E-state index contributed by atoms with van der Waals surface area (Å²) in [5.74, 6) is 4.13. The molecule has 0 bridgehead atoms. The van der Waals surface area contributed by atoms with Crippen LogP contribution in [0.25, 0.3) is 0 Å². The summed E-state index contributed by atoms with van der Waals surface area (Å²) in [7, 11) is 1.82. The van der Waals surface area contributed by atoms with Gasteiger partial charge in [0.2, 0.25) is 0 Å². The van der Waals surface area contributed by atoms with Gasteiger partial charge in [-0.3, -0.25) is 4.99 Å². The Labute approximate surface area is 154 Å². The Morgan fingerprint density at radius 3 is 3.00 bits per heavy atom. The molecule has 22 heavy (non-hydrogen) atoms. The van der Waals surface area contributed by atoms with Crippen molar-refractivity contribution in [2.45, 2.75) is 45.2 Å². The lowest BCUT2D eigenvalue weighted by molar-refractivity contribution is 0.392. The highest BCUT2D eigenvalue weighted by Gasteiger charge is 2.21. The third-order valence-electron chi connectivity index (χ3n) is 3.60. The van der Waals surface area contributed by atoms with Crippen LogP contribution < -0.4 is 10.6 Å². The van der Waals surface area contributed by atoms with E-state index in [2.05, 4.69) is 38.9 Å². The van der Waals surface area contributed by atoms with Crippen molar-refractivity contribution in [2.24, 2.45) is 4.99 Å². The number of guanidine groups is 1. The van der Waals surface area contributed by atoms with Crippen molar-refractivity contribution in [1.29, 1.82) is 0 Å². The van der Waals surface area contributed by atoms with Gasteiger partial charge in [0.15, 0.2) is 11.8 Å². The van der Waals surface area contributed by atoms with Gasteiger partial charge in [0, 0.05) is 32.5 Å². The smallest absolute Gasteiger partial charge is 0.191 e. The molecule has 1 aromatic heterocycles. The van der Waals surface area contributed by atoms with Crippen LogP contribution in [0.3, 0.4) is 0 Å². The summed E-state index contributed by atoms with van der Waals surface area (Å²) in [4.78, 5) is 8.85. The minimum absolute atomic E-state index is 0. The Balaban J connectivity index is 0.00000242. The number of nitrogens with zero attached hydrogens (tertiary/aromatic N) is 4. The molecule has 0 saturated carbocycles. The number of thioether (sulfide) groups is 1. The van der Waals surface area contributed by atoms with Crippen molar-refractivity contribution in [2.75, 3.05) is 25.6 Å². The summed E-state index contributed by atoms with van der Waals surface area (Å²) in [5, 5.41) is 11.4. The number of fused-ring (bicyclic) bond motifs is 1. The molecule has 2 heterocycles. The Morgan fingerprint density at radius 2 is 2.32 bits per heavy atom. The SMILES string of the molecule is CCc1nc2n(n1)CC(NC(=NC)NCCCSC)CC2.I. The zero-order valence-electron chi connectivity index (χ0n) is 13.6. The van der Waals surface area contributed by atoms with Gasteiger partial charge in [-0.1, -0.05) is 6.92 Å². The standard InChI is InChI=1S/C14H26N6S.HI/c1-4-12-18-13-7-6-11(10-20(13)19-12)17-14(15-2)16-8-5-9-21-3;/h11H,4-10H2,1-3H3,(H2,15,16,17);1H. The van der Waals surface area contributed by atoms with Crippen LogP contribution in [0.5, 0.6) is 0 Å². The highest BCUT2D eigenvalue weighted by molar-refractivity contribution is 14.0. The van der Waals surface area contributed by atoms with E-state index in [1.807, 2.05) is 23.5 Å². The Bertz CT molecular complexity index is 476. The first kappa shape index (κ1) is 19.5. The van der Waals surface area contributed by atoms with E-state index in [4.69, 9.17) is 0 Å². The average molecular weight is 438 g/mol. The Morgan fingerprint density at radius 1 is 1.50 bits per heavy atom. The molecule has 1 unspecified atom stereocenters. The number of hydrogen-bond acceptors (Lipinski definition) is 4. The molecule has 1 aromatic rings. The summed E-state index contributed by atoms with van der Waals surface area (Å²) >= 11 is 1.87. The molecule has 2 rings (SSSR count). The number of aromatic nitrogens is 3. The lowest BCUT2D eigenvalue weighted by atomic mass is 10.1. The van der Waals surface area contributed by atoms with E-state index < -0.39 is 0 Å². The second-order valence-corrected chi connectivity index (χ2v) is 6.19. The molecular formula is C14H27IN6S. The second kappa shape index (κ2) is 10.3. The molecule has 0 fully saturated rings. The summed E-state index contributed by atoms with van der Waals surface area (Å²) in [6, 6.07) is 0.371. The molecule has 2 N–H and O–H groups in total. The number of aliphatic imine (C=N–C) groups is 1. The fraction of sp³-hybridized carbons (Fsp3) is 0.786. The molecule has 1 atom stereocenters. The highest BCUT2D eigenvalue weighted by atomic mass is 127.